The smallest absolute Gasteiger partial charge is 0.293 e. The molecule has 1 saturated heterocycles. The summed E-state index contributed by atoms with van der Waals surface area (Å²) in [7, 11) is 0. The number of benzene rings is 3. The Hall–Kier alpha value is -4.38. The van der Waals surface area contributed by atoms with Gasteiger partial charge < -0.3 is 14.8 Å². The summed E-state index contributed by atoms with van der Waals surface area (Å²) in [5.74, 6) is 0.480. The van der Waals surface area contributed by atoms with Crippen molar-refractivity contribution < 1.29 is 24.0 Å². The lowest BCUT2D eigenvalue weighted by Crippen LogP contribution is -2.33. The van der Waals surface area contributed by atoms with Gasteiger partial charge in [0.15, 0.2) is 16.7 Å². The van der Waals surface area contributed by atoms with Crippen LogP contribution >= 0.6 is 11.8 Å². The van der Waals surface area contributed by atoms with Crippen LogP contribution in [0.2, 0.25) is 0 Å². The van der Waals surface area contributed by atoms with Gasteiger partial charge in [0.2, 0.25) is 18.6 Å². The number of ether oxygens (including phenoxy) is 2. The average molecular weight is 533 g/mol. The maximum absolute atomic E-state index is 13.5. The zero-order chi connectivity index (χ0) is 26.8. The summed E-state index contributed by atoms with van der Waals surface area (Å²) in [6.45, 7) is 4.09. The molecule has 38 heavy (non-hydrogen) atoms. The van der Waals surface area contributed by atoms with Crippen LogP contribution in [0.5, 0.6) is 11.5 Å². The Morgan fingerprint density at radius 3 is 2.58 bits per heavy atom. The SMILES string of the molecule is Cc1ccc(N=C2S[C@H](CC(=O)Nc3ccc(C)cc3[N+](=O)[O-])C(=O)N2Cc2ccc3c(c2)OCO3)cc1. The van der Waals surface area contributed by atoms with Crippen LogP contribution in [-0.2, 0) is 16.1 Å². The van der Waals surface area contributed by atoms with Gasteiger partial charge in [0.05, 0.1) is 17.2 Å². The number of nitro groups is 1. The second-order valence-corrected chi connectivity index (χ2v) is 10.1. The van der Waals surface area contributed by atoms with Crippen LogP contribution in [0.4, 0.5) is 17.1 Å². The number of amidine groups is 1. The molecule has 10 nitrogen and oxygen atoms in total. The third kappa shape index (κ3) is 5.47. The quantitative estimate of drug-likeness (QED) is 0.332. The minimum absolute atomic E-state index is 0.0896. The number of nitrogens with one attached hydrogen (secondary N) is 1. The van der Waals surface area contributed by atoms with Crippen molar-refractivity contribution in [1.82, 2.24) is 4.90 Å². The molecule has 3 aromatic carbocycles. The fraction of sp³-hybridized carbons (Fsp3) is 0.222. The first-order chi connectivity index (χ1) is 18.3. The maximum Gasteiger partial charge on any atom is 0.293 e. The van der Waals surface area contributed by atoms with Gasteiger partial charge >= 0.3 is 0 Å². The molecule has 0 aliphatic carbocycles. The molecule has 1 fully saturated rings. The number of anilines is 1. The van der Waals surface area contributed by atoms with Gasteiger partial charge in [-0.2, -0.15) is 0 Å². The summed E-state index contributed by atoms with van der Waals surface area (Å²) in [6, 6.07) is 17.6. The first kappa shape index (κ1) is 25.3. The molecule has 2 heterocycles. The lowest BCUT2D eigenvalue weighted by atomic mass is 10.1. The first-order valence-corrected chi connectivity index (χ1v) is 12.7. The van der Waals surface area contributed by atoms with Gasteiger partial charge in [-0.3, -0.25) is 24.6 Å². The van der Waals surface area contributed by atoms with Crippen LogP contribution in [0.15, 0.2) is 65.7 Å². The Morgan fingerprint density at radius 1 is 1.08 bits per heavy atom. The zero-order valence-corrected chi connectivity index (χ0v) is 21.5. The number of amides is 2. The van der Waals surface area contributed by atoms with Gasteiger partial charge in [-0.25, -0.2) is 4.99 Å². The zero-order valence-electron chi connectivity index (χ0n) is 20.7. The van der Waals surface area contributed by atoms with E-state index in [9.17, 15) is 19.7 Å². The van der Waals surface area contributed by atoms with Gasteiger partial charge in [0, 0.05) is 12.5 Å². The number of fused-ring (bicyclic) bond motifs is 1. The van der Waals surface area contributed by atoms with Crippen molar-refractivity contribution in [3.8, 4) is 11.5 Å². The highest BCUT2D eigenvalue weighted by molar-refractivity contribution is 8.15. The first-order valence-electron chi connectivity index (χ1n) is 11.8. The largest absolute Gasteiger partial charge is 0.454 e. The predicted molar refractivity (Wildman–Crippen MR) is 144 cm³/mol. The van der Waals surface area contributed by atoms with E-state index in [1.165, 1.54) is 23.9 Å². The molecule has 0 spiro atoms. The highest BCUT2D eigenvalue weighted by Crippen LogP contribution is 2.36. The number of nitro benzene ring substituents is 1. The van der Waals surface area contributed by atoms with Crippen LogP contribution in [0.1, 0.15) is 23.1 Å². The highest BCUT2D eigenvalue weighted by atomic mass is 32.2. The van der Waals surface area contributed by atoms with Crippen molar-refractivity contribution in [1.29, 1.82) is 0 Å². The molecular formula is C27H24N4O6S. The molecule has 2 aliphatic heterocycles. The molecule has 2 amide bonds. The Bertz CT molecular complexity index is 1460. The fourth-order valence-electron chi connectivity index (χ4n) is 4.09. The fourth-order valence-corrected chi connectivity index (χ4v) is 5.25. The van der Waals surface area contributed by atoms with Crippen molar-refractivity contribution in [2.75, 3.05) is 12.1 Å². The molecule has 194 valence electrons. The van der Waals surface area contributed by atoms with Crippen molar-refractivity contribution >= 4 is 45.8 Å². The number of aryl methyl sites for hydroxylation is 2. The Balaban J connectivity index is 1.37. The van der Waals surface area contributed by atoms with E-state index in [0.29, 0.717) is 27.9 Å². The number of hydrogen-bond acceptors (Lipinski definition) is 8. The van der Waals surface area contributed by atoms with Crippen molar-refractivity contribution in [2.45, 2.75) is 32.1 Å². The molecule has 2 aliphatic rings. The van der Waals surface area contributed by atoms with Crippen LogP contribution in [-0.4, -0.2) is 38.8 Å². The second-order valence-electron chi connectivity index (χ2n) is 8.98. The van der Waals surface area contributed by atoms with Gasteiger partial charge in [-0.05, 0) is 55.3 Å². The third-order valence-corrected chi connectivity index (χ3v) is 7.23. The Labute approximate surface area is 222 Å². The van der Waals surface area contributed by atoms with Crippen molar-refractivity contribution in [2.24, 2.45) is 4.99 Å². The number of carbonyl (C=O) groups is 2. The Kier molecular flexibility index (Phi) is 7.01. The maximum atomic E-state index is 13.5. The molecule has 1 N–H and O–H groups in total. The average Bonchev–Trinajstić information content (AvgIpc) is 3.46. The van der Waals surface area contributed by atoms with Crippen LogP contribution in [0, 0.1) is 24.0 Å². The summed E-state index contributed by atoms with van der Waals surface area (Å²) in [5.41, 5.74) is 3.18. The standard InChI is InChI=1S/C27H24N4O6S/c1-16-3-7-19(8-4-16)28-27-30(14-18-6-10-22-23(12-18)37-15-36-22)26(33)24(38-27)13-25(32)29-20-9-5-17(2)11-21(20)31(34)35/h3-12,24H,13-15H2,1-2H3,(H,29,32)/t24-/m1/s1. The number of aliphatic imine (C=N–C) groups is 1. The van der Waals surface area contributed by atoms with E-state index < -0.39 is 16.1 Å². The molecule has 11 heteroatoms. The minimum atomic E-state index is -0.738. The minimum Gasteiger partial charge on any atom is -0.454 e. The monoisotopic (exact) mass is 532 g/mol. The molecule has 0 bridgehead atoms. The van der Waals surface area contributed by atoms with E-state index in [0.717, 1.165) is 11.1 Å². The number of hydrogen-bond donors (Lipinski definition) is 1. The summed E-state index contributed by atoms with van der Waals surface area (Å²) >= 11 is 1.20. The van der Waals surface area contributed by atoms with Crippen molar-refractivity contribution in [3.63, 3.8) is 0 Å². The predicted octanol–water partition coefficient (Wildman–Crippen LogP) is 5.10. The van der Waals surface area contributed by atoms with Crippen LogP contribution in [0.3, 0.4) is 0 Å². The lowest BCUT2D eigenvalue weighted by Gasteiger charge is -2.17. The van der Waals surface area contributed by atoms with Gasteiger partial charge in [-0.15, -0.1) is 0 Å². The molecule has 1 atom stereocenters. The van der Waals surface area contributed by atoms with E-state index >= 15 is 0 Å². The van der Waals surface area contributed by atoms with Crippen LogP contribution < -0.4 is 14.8 Å². The highest BCUT2D eigenvalue weighted by Gasteiger charge is 2.39. The van der Waals surface area contributed by atoms with Crippen LogP contribution in [0.25, 0.3) is 0 Å². The summed E-state index contributed by atoms with van der Waals surface area (Å²) < 4.78 is 10.8. The molecule has 0 unspecified atom stereocenters. The number of thioether (sulfide) groups is 1. The van der Waals surface area contributed by atoms with E-state index in [-0.39, 0.29) is 37.0 Å². The molecule has 5 rings (SSSR count). The normalized spacial score (nSPS) is 17.2. The second kappa shape index (κ2) is 10.5. The number of nitrogens with zero attached hydrogens (tertiary/aromatic N) is 3. The number of rotatable bonds is 7. The van der Waals surface area contributed by atoms with Gasteiger partial charge in [0.25, 0.3) is 5.69 Å². The summed E-state index contributed by atoms with van der Waals surface area (Å²) in [6.07, 6.45) is -0.168. The summed E-state index contributed by atoms with van der Waals surface area (Å²) in [5, 5.41) is 13.8. The molecule has 0 saturated carbocycles. The Morgan fingerprint density at radius 2 is 1.82 bits per heavy atom. The van der Waals surface area contributed by atoms with E-state index in [2.05, 4.69) is 5.32 Å². The number of carbonyl (C=O) groups excluding carboxylic acids is 2. The molecule has 0 radical (unpaired) electrons. The van der Waals surface area contributed by atoms with Gasteiger partial charge in [0.1, 0.15) is 10.9 Å². The van der Waals surface area contributed by atoms with Crippen molar-refractivity contribution in [3.05, 3.63) is 87.5 Å². The third-order valence-electron chi connectivity index (χ3n) is 6.05. The summed E-state index contributed by atoms with van der Waals surface area (Å²) in [4.78, 5) is 43.5. The lowest BCUT2D eigenvalue weighted by molar-refractivity contribution is -0.384. The molecular weight excluding hydrogens is 508 g/mol. The molecule has 0 aromatic heterocycles. The van der Waals surface area contributed by atoms with E-state index in [1.54, 1.807) is 24.0 Å². The van der Waals surface area contributed by atoms with E-state index in [1.807, 2.05) is 43.3 Å². The van der Waals surface area contributed by atoms with Gasteiger partial charge in [-0.1, -0.05) is 41.6 Å². The topological polar surface area (TPSA) is 123 Å². The van der Waals surface area contributed by atoms with E-state index in [4.69, 9.17) is 14.5 Å². The molecule has 3 aromatic rings.